The molecule has 0 N–H and O–H groups in total. The van der Waals surface area contributed by atoms with Crippen molar-refractivity contribution in [1.82, 2.24) is 20.0 Å². The van der Waals surface area contributed by atoms with E-state index in [9.17, 15) is 9.18 Å². The summed E-state index contributed by atoms with van der Waals surface area (Å²) in [5.74, 6) is 0.983. The number of hydrogen-bond acceptors (Lipinski definition) is 6. The standard InChI is InChI=1S/C24H28FN5O2/c1-15-19(16(2)32-28-15)13-22(31)30-12-6-5-7-21(30)23-20(14-26-24(27-23)29(3)4)17-8-10-18(25)11-9-17/h8-11,14,21H,5-7,12-13H2,1-4H3. The summed E-state index contributed by atoms with van der Waals surface area (Å²) in [5, 5.41) is 3.98. The van der Waals surface area contributed by atoms with E-state index in [0.717, 1.165) is 47.3 Å². The molecule has 1 saturated heterocycles. The second-order valence-corrected chi connectivity index (χ2v) is 8.45. The number of likely N-dealkylation sites (tertiary alicyclic amines) is 1. The minimum atomic E-state index is -0.296. The maximum absolute atomic E-state index is 13.5. The minimum Gasteiger partial charge on any atom is -0.361 e. The molecule has 1 unspecified atom stereocenters. The highest BCUT2D eigenvalue weighted by Gasteiger charge is 2.32. The van der Waals surface area contributed by atoms with Gasteiger partial charge in [-0.2, -0.15) is 0 Å². The van der Waals surface area contributed by atoms with Crippen LogP contribution < -0.4 is 4.90 Å². The number of anilines is 1. The zero-order chi connectivity index (χ0) is 22.8. The van der Waals surface area contributed by atoms with Gasteiger partial charge in [0.1, 0.15) is 11.6 Å². The van der Waals surface area contributed by atoms with Crippen LogP contribution in [0.4, 0.5) is 10.3 Å². The van der Waals surface area contributed by atoms with Crippen LogP contribution >= 0.6 is 0 Å². The van der Waals surface area contributed by atoms with Gasteiger partial charge in [-0.25, -0.2) is 14.4 Å². The van der Waals surface area contributed by atoms with Crippen LogP contribution in [-0.4, -0.2) is 46.6 Å². The third kappa shape index (κ3) is 4.35. The van der Waals surface area contributed by atoms with Crippen LogP contribution in [0.25, 0.3) is 11.1 Å². The molecule has 3 aromatic rings. The molecule has 1 aliphatic heterocycles. The van der Waals surface area contributed by atoms with Crippen LogP contribution in [0.1, 0.15) is 48.0 Å². The normalized spacial score (nSPS) is 16.3. The number of halogens is 1. The number of aryl methyl sites for hydroxylation is 2. The van der Waals surface area contributed by atoms with E-state index in [1.54, 1.807) is 18.3 Å². The molecule has 1 atom stereocenters. The molecule has 1 amide bonds. The van der Waals surface area contributed by atoms with E-state index in [1.807, 2.05) is 37.7 Å². The largest absolute Gasteiger partial charge is 0.361 e. The average molecular weight is 438 g/mol. The fourth-order valence-electron chi connectivity index (χ4n) is 4.23. The highest BCUT2D eigenvalue weighted by molar-refractivity contribution is 5.80. The third-order valence-electron chi connectivity index (χ3n) is 6.01. The Balaban J connectivity index is 1.74. The summed E-state index contributed by atoms with van der Waals surface area (Å²) in [4.78, 5) is 26.5. The summed E-state index contributed by atoms with van der Waals surface area (Å²) < 4.78 is 18.8. The van der Waals surface area contributed by atoms with Crippen molar-refractivity contribution in [3.8, 4) is 11.1 Å². The van der Waals surface area contributed by atoms with E-state index in [1.165, 1.54) is 12.1 Å². The Morgan fingerprint density at radius 3 is 2.62 bits per heavy atom. The van der Waals surface area contributed by atoms with Gasteiger partial charge in [0, 0.05) is 38.0 Å². The van der Waals surface area contributed by atoms with E-state index in [0.29, 0.717) is 18.3 Å². The van der Waals surface area contributed by atoms with E-state index >= 15 is 0 Å². The molecule has 0 bridgehead atoms. The summed E-state index contributed by atoms with van der Waals surface area (Å²) in [7, 11) is 3.77. The first-order chi connectivity index (χ1) is 15.3. The average Bonchev–Trinajstić information content (AvgIpc) is 3.11. The highest BCUT2D eigenvalue weighted by Crippen LogP contribution is 2.37. The number of nitrogens with zero attached hydrogens (tertiary/aromatic N) is 5. The van der Waals surface area contributed by atoms with Crippen LogP contribution in [0.15, 0.2) is 35.0 Å². The Morgan fingerprint density at radius 1 is 1.22 bits per heavy atom. The van der Waals surface area contributed by atoms with Crippen LogP contribution in [0.5, 0.6) is 0 Å². The van der Waals surface area contributed by atoms with Gasteiger partial charge < -0.3 is 14.3 Å². The van der Waals surface area contributed by atoms with Crippen molar-refractivity contribution in [2.45, 2.75) is 45.6 Å². The number of benzene rings is 1. The van der Waals surface area contributed by atoms with Crippen LogP contribution in [0, 0.1) is 19.7 Å². The molecule has 0 radical (unpaired) electrons. The smallest absolute Gasteiger partial charge is 0.227 e. The van der Waals surface area contributed by atoms with E-state index in [4.69, 9.17) is 9.51 Å². The number of piperidine rings is 1. The van der Waals surface area contributed by atoms with Gasteiger partial charge in [0.05, 0.1) is 23.9 Å². The lowest BCUT2D eigenvalue weighted by atomic mass is 9.93. The number of hydrogen-bond donors (Lipinski definition) is 0. The summed E-state index contributed by atoms with van der Waals surface area (Å²) in [6.45, 7) is 4.35. The number of rotatable bonds is 5. The van der Waals surface area contributed by atoms with E-state index in [-0.39, 0.29) is 24.2 Å². The first kappa shape index (κ1) is 21.9. The first-order valence-corrected chi connectivity index (χ1v) is 10.9. The van der Waals surface area contributed by atoms with Gasteiger partial charge in [-0.1, -0.05) is 17.3 Å². The molecule has 7 nitrogen and oxygen atoms in total. The molecule has 0 aliphatic carbocycles. The minimum absolute atomic E-state index is 0.0270. The van der Waals surface area contributed by atoms with Crippen molar-refractivity contribution in [2.24, 2.45) is 0 Å². The summed E-state index contributed by atoms with van der Waals surface area (Å²) >= 11 is 0. The molecule has 1 aromatic carbocycles. The fourth-order valence-corrected chi connectivity index (χ4v) is 4.23. The summed E-state index contributed by atoms with van der Waals surface area (Å²) in [6, 6.07) is 6.14. The summed E-state index contributed by atoms with van der Waals surface area (Å²) in [5.41, 5.74) is 4.03. The third-order valence-corrected chi connectivity index (χ3v) is 6.01. The molecule has 0 saturated carbocycles. The number of aromatic nitrogens is 3. The highest BCUT2D eigenvalue weighted by atomic mass is 19.1. The van der Waals surface area contributed by atoms with E-state index in [2.05, 4.69) is 10.1 Å². The van der Waals surface area contributed by atoms with Gasteiger partial charge in [-0.15, -0.1) is 0 Å². The lowest BCUT2D eigenvalue weighted by Gasteiger charge is -2.36. The fraction of sp³-hybridized carbons (Fsp3) is 0.417. The van der Waals surface area contributed by atoms with Gasteiger partial charge in [0.2, 0.25) is 11.9 Å². The zero-order valence-corrected chi connectivity index (χ0v) is 18.9. The molecule has 32 heavy (non-hydrogen) atoms. The Kier molecular flexibility index (Phi) is 6.21. The molecular formula is C24H28FN5O2. The number of carbonyl (C=O) groups excluding carboxylic acids is 1. The zero-order valence-electron chi connectivity index (χ0n) is 18.9. The van der Waals surface area contributed by atoms with Crippen molar-refractivity contribution in [1.29, 1.82) is 0 Å². The predicted molar refractivity (Wildman–Crippen MR) is 120 cm³/mol. The molecule has 168 valence electrons. The molecule has 1 aliphatic rings. The van der Waals surface area contributed by atoms with Gasteiger partial charge >= 0.3 is 0 Å². The molecular weight excluding hydrogens is 409 g/mol. The van der Waals surface area contributed by atoms with E-state index < -0.39 is 0 Å². The van der Waals surface area contributed by atoms with Gasteiger partial charge in [0.25, 0.3) is 0 Å². The number of amides is 1. The van der Waals surface area contributed by atoms with Crippen molar-refractivity contribution >= 4 is 11.9 Å². The van der Waals surface area contributed by atoms with Crippen LogP contribution in [0.2, 0.25) is 0 Å². The Bertz CT molecular complexity index is 1090. The second kappa shape index (κ2) is 9.06. The maximum Gasteiger partial charge on any atom is 0.227 e. The SMILES string of the molecule is Cc1noc(C)c1CC(=O)N1CCCCC1c1nc(N(C)C)ncc1-c1ccc(F)cc1. The second-order valence-electron chi connectivity index (χ2n) is 8.45. The van der Waals surface area contributed by atoms with Gasteiger partial charge in [-0.05, 0) is 50.8 Å². The monoisotopic (exact) mass is 437 g/mol. The van der Waals surface area contributed by atoms with Crippen molar-refractivity contribution in [3.05, 3.63) is 59.0 Å². The predicted octanol–water partition coefficient (Wildman–Crippen LogP) is 4.25. The van der Waals surface area contributed by atoms with Crippen molar-refractivity contribution < 1.29 is 13.7 Å². The van der Waals surface area contributed by atoms with Gasteiger partial charge in [0.15, 0.2) is 0 Å². The van der Waals surface area contributed by atoms with Crippen molar-refractivity contribution in [2.75, 3.05) is 25.5 Å². The molecule has 3 heterocycles. The molecule has 0 spiro atoms. The molecule has 1 fully saturated rings. The molecule has 4 rings (SSSR count). The topological polar surface area (TPSA) is 75.4 Å². The first-order valence-electron chi connectivity index (χ1n) is 10.9. The summed E-state index contributed by atoms with van der Waals surface area (Å²) in [6.07, 6.45) is 4.78. The van der Waals surface area contributed by atoms with Gasteiger partial charge in [-0.3, -0.25) is 4.79 Å². The Labute approximate surface area is 187 Å². The molecule has 8 heteroatoms. The Morgan fingerprint density at radius 2 is 1.97 bits per heavy atom. The van der Waals surface area contributed by atoms with Crippen LogP contribution in [-0.2, 0) is 11.2 Å². The lowest BCUT2D eigenvalue weighted by molar-refractivity contribution is -0.134. The quantitative estimate of drug-likeness (QED) is 0.594. The lowest BCUT2D eigenvalue weighted by Crippen LogP contribution is -2.40. The molecule has 2 aromatic heterocycles. The number of carbonyl (C=O) groups is 1. The Hall–Kier alpha value is -3.29. The maximum atomic E-state index is 13.5. The van der Waals surface area contributed by atoms with Crippen molar-refractivity contribution in [3.63, 3.8) is 0 Å². The van der Waals surface area contributed by atoms with Crippen LogP contribution in [0.3, 0.4) is 0 Å².